The first-order chi connectivity index (χ1) is 9.85. The summed E-state index contributed by atoms with van der Waals surface area (Å²) >= 11 is 5.85. The molecule has 2 rings (SSSR count). The third kappa shape index (κ3) is 3.07. The summed E-state index contributed by atoms with van der Waals surface area (Å²) in [5.41, 5.74) is 5.25. The zero-order chi connectivity index (χ0) is 15.6. The van der Waals surface area contributed by atoms with Gasteiger partial charge in [0.2, 0.25) is 0 Å². The van der Waals surface area contributed by atoms with E-state index in [1.807, 2.05) is 0 Å². The minimum absolute atomic E-state index is 0.0718. The second-order valence-electron chi connectivity index (χ2n) is 4.07. The Kier molecular flexibility index (Phi) is 4.02. The molecule has 0 aliphatic heterocycles. The normalized spacial score (nSPS) is 10.9. The molecule has 0 bridgehead atoms. The number of benzene rings is 2. The standard InChI is InChI=1S/C13H9ClFN3O2S/c14-10-6-8(17)4-5-13(10)21(19,20)18-12-3-1-2-11(15)9(12)7-16/h1-6,18H,17H2. The first-order valence-corrected chi connectivity index (χ1v) is 7.48. The Bertz CT molecular complexity index is 847. The van der Waals surface area contributed by atoms with Crippen LogP contribution in [0, 0.1) is 17.1 Å². The molecule has 0 aliphatic rings. The van der Waals surface area contributed by atoms with E-state index in [9.17, 15) is 12.8 Å². The molecular weight excluding hydrogens is 317 g/mol. The summed E-state index contributed by atoms with van der Waals surface area (Å²) in [5.74, 6) is -0.818. The van der Waals surface area contributed by atoms with Crippen LogP contribution >= 0.6 is 11.6 Å². The third-order valence-electron chi connectivity index (χ3n) is 2.62. The van der Waals surface area contributed by atoms with Crippen molar-refractivity contribution < 1.29 is 12.8 Å². The molecule has 21 heavy (non-hydrogen) atoms. The maximum atomic E-state index is 13.5. The van der Waals surface area contributed by atoms with E-state index >= 15 is 0 Å². The molecule has 0 heterocycles. The quantitative estimate of drug-likeness (QED) is 0.848. The largest absolute Gasteiger partial charge is 0.399 e. The van der Waals surface area contributed by atoms with E-state index < -0.39 is 21.4 Å². The van der Waals surface area contributed by atoms with Crippen LogP contribution in [0.1, 0.15) is 5.56 Å². The van der Waals surface area contributed by atoms with Crippen LogP contribution < -0.4 is 10.5 Å². The smallest absolute Gasteiger partial charge is 0.263 e. The fourth-order valence-corrected chi connectivity index (χ4v) is 3.28. The second kappa shape index (κ2) is 5.60. The van der Waals surface area contributed by atoms with Crippen molar-refractivity contribution in [2.45, 2.75) is 4.90 Å². The van der Waals surface area contributed by atoms with Gasteiger partial charge in [-0.15, -0.1) is 0 Å². The number of nitrogens with two attached hydrogens (primary N) is 1. The highest BCUT2D eigenvalue weighted by atomic mass is 35.5. The number of hydrogen-bond donors (Lipinski definition) is 2. The van der Waals surface area contributed by atoms with Gasteiger partial charge in [0.05, 0.1) is 10.7 Å². The van der Waals surface area contributed by atoms with Crippen molar-refractivity contribution in [3.05, 3.63) is 52.8 Å². The molecular formula is C13H9ClFN3O2S. The van der Waals surface area contributed by atoms with Crippen LogP contribution in [-0.2, 0) is 10.0 Å². The van der Waals surface area contributed by atoms with Crippen molar-refractivity contribution in [3.8, 4) is 6.07 Å². The van der Waals surface area contributed by atoms with E-state index in [4.69, 9.17) is 22.6 Å². The predicted molar refractivity (Wildman–Crippen MR) is 77.8 cm³/mol. The first-order valence-electron chi connectivity index (χ1n) is 5.61. The second-order valence-corrected chi connectivity index (χ2v) is 6.13. The summed E-state index contributed by atoms with van der Waals surface area (Å²) in [6.07, 6.45) is 0. The minimum Gasteiger partial charge on any atom is -0.399 e. The zero-order valence-electron chi connectivity index (χ0n) is 10.5. The van der Waals surface area contributed by atoms with Crippen LogP contribution in [0.3, 0.4) is 0 Å². The molecule has 0 amide bonds. The lowest BCUT2D eigenvalue weighted by Gasteiger charge is -2.11. The zero-order valence-corrected chi connectivity index (χ0v) is 12.0. The molecule has 0 unspecified atom stereocenters. The molecule has 0 saturated heterocycles. The Balaban J connectivity index is 2.48. The number of hydrogen-bond acceptors (Lipinski definition) is 4. The summed E-state index contributed by atoms with van der Waals surface area (Å²) in [5, 5.41) is 8.82. The van der Waals surface area contributed by atoms with Crippen molar-refractivity contribution in [2.24, 2.45) is 0 Å². The van der Waals surface area contributed by atoms with Crippen molar-refractivity contribution in [1.82, 2.24) is 0 Å². The van der Waals surface area contributed by atoms with Crippen LogP contribution in [0.15, 0.2) is 41.3 Å². The summed E-state index contributed by atoms with van der Waals surface area (Å²) in [7, 11) is -4.07. The van der Waals surface area contributed by atoms with Gasteiger partial charge >= 0.3 is 0 Å². The monoisotopic (exact) mass is 325 g/mol. The van der Waals surface area contributed by atoms with Crippen LogP contribution in [-0.4, -0.2) is 8.42 Å². The molecule has 2 aromatic carbocycles. The van der Waals surface area contributed by atoms with Gasteiger partial charge in [0.15, 0.2) is 0 Å². The van der Waals surface area contributed by atoms with Gasteiger partial charge in [-0.3, -0.25) is 4.72 Å². The van der Waals surface area contributed by atoms with Crippen molar-refractivity contribution in [1.29, 1.82) is 5.26 Å². The highest BCUT2D eigenvalue weighted by Crippen LogP contribution is 2.27. The topological polar surface area (TPSA) is 96.0 Å². The predicted octanol–water partition coefficient (Wildman–Crippen LogP) is 2.73. The molecule has 108 valence electrons. The summed E-state index contributed by atoms with van der Waals surface area (Å²) in [6.45, 7) is 0. The van der Waals surface area contributed by atoms with Gasteiger partial charge in [0.25, 0.3) is 10.0 Å². The van der Waals surface area contributed by atoms with E-state index in [1.54, 1.807) is 6.07 Å². The van der Waals surface area contributed by atoms with Gasteiger partial charge in [-0.05, 0) is 30.3 Å². The number of nitrogens with one attached hydrogen (secondary N) is 1. The Labute approximate surface area is 125 Å². The molecule has 0 aliphatic carbocycles. The first kappa shape index (κ1) is 15.1. The number of rotatable bonds is 3. The highest BCUT2D eigenvalue weighted by Gasteiger charge is 2.20. The molecule has 2 aromatic rings. The van der Waals surface area contributed by atoms with E-state index in [-0.39, 0.29) is 15.6 Å². The fraction of sp³-hybridized carbons (Fsp3) is 0. The Morgan fingerprint density at radius 2 is 2.00 bits per heavy atom. The maximum Gasteiger partial charge on any atom is 0.263 e. The van der Waals surface area contributed by atoms with E-state index in [0.717, 1.165) is 6.07 Å². The molecule has 0 spiro atoms. The fourth-order valence-electron chi connectivity index (χ4n) is 1.66. The Hall–Kier alpha value is -2.30. The third-order valence-corrected chi connectivity index (χ3v) is 4.46. The van der Waals surface area contributed by atoms with Gasteiger partial charge in [0, 0.05) is 5.69 Å². The summed E-state index contributed by atoms with van der Waals surface area (Å²) in [6, 6.07) is 9.13. The van der Waals surface area contributed by atoms with Gasteiger partial charge < -0.3 is 5.73 Å². The van der Waals surface area contributed by atoms with Crippen LogP contribution in [0.4, 0.5) is 15.8 Å². The number of nitrogen functional groups attached to an aromatic ring is 1. The van der Waals surface area contributed by atoms with Crippen LogP contribution in [0.25, 0.3) is 0 Å². The summed E-state index contributed by atoms with van der Waals surface area (Å²) < 4.78 is 40.1. The van der Waals surface area contributed by atoms with Crippen molar-refractivity contribution in [2.75, 3.05) is 10.5 Å². The van der Waals surface area contributed by atoms with Crippen molar-refractivity contribution >= 4 is 33.0 Å². The molecule has 0 saturated carbocycles. The number of sulfonamides is 1. The number of halogens is 2. The van der Waals surface area contributed by atoms with Crippen LogP contribution in [0.2, 0.25) is 5.02 Å². The van der Waals surface area contributed by atoms with Gasteiger partial charge in [-0.2, -0.15) is 5.26 Å². The Morgan fingerprint density at radius 3 is 2.62 bits per heavy atom. The molecule has 3 N–H and O–H groups in total. The van der Waals surface area contributed by atoms with Crippen molar-refractivity contribution in [3.63, 3.8) is 0 Å². The number of nitriles is 1. The molecule has 0 radical (unpaired) electrons. The maximum absolute atomic E-state index is 13.5. The average molecular weight is 326 g/mol. The lowest BCUT2D eigenvalue weighted by Crippen LogP contribution is -2.15. The molecule has 0 atom stereocenters. The lowest BCUT2D eigenvalue weighted by molar-refractivity contribution is 0.601. The minimum atomic E-state index is -4.07. The molecule has 0 aromatic heterocycles. The molecule has 5 nitrogen and oxygen atoms in total. The highest BCUT2D eigenvalue weighted by molar-refractivity contribution is 7.92. The Morgan fingerprint density at radius 1 is 1.29 bits per heavy atom. The average Bonchev–Trinajstić information content (AvgIpc) is 2.38. The SMILES string of the molecule is N#Cc1c(F)cccc1NS(=O)(=O)c1ccc(N)cc1Cl. The van der Waals surface area contributed by atoms with Gasteiger partial charge in [-0.25, -0.2) is 12.8 Å². The van der Waals surface area contributed by atoms with Gasteiger partial charge in [-0.1, -0.05) is 17.7 Å². The number of nitrogens with zero attached hydrogens (tertiary/aromatic N) is 1. The van der Waals surface area contributed by atoms with E-state index in [2.05, 4.69) is 4.72 Å². The number of anilines is 2. The van der Waals surface area contributed by atoms with Crippen LogP contribution in [0.5, 0.6) is 0 Å². The van der Waals surface area contributed by atoms with Gasteiger partial charge in [0.1, 0.15) is 22.3 Å². The summed E-state index contributed by atoms with van der Waals surface area (Å²) in [4.78, 5) is -0.216. The molecule has 0 fully saturated rings. The van der Waals surface area contributed by atoms with E-state index in [0.29, 0.717) is 5.69 Å². The van der Waals surface area contributed by atoms with E-state index in [1.165, 1.54) is 30.3 Å². The lowest BCUT2D eigenvalue weighted by atomic mass is 10.2. The molecule has 8 heteroatoms.